The Morgan fingerprint density at radius 2 is 2.32 bits per heavy atom. The molecule has 0 radical (unpaired) electrons. The summed E-state index contributed by atoms with van der Waals surface area (Å²) in [6.07, 6.45) is 1.24. The molecule has 0 saturated carbocycles. The molecule has 1 aliphatic heterocycles. The topological polar surface area (TPSA) is 50.4 Å². The third kappa shape index (κ3) is 3.70. The van der Waals surface area contributed by atoms with Gasteiger partial charge in [-0.15, -0.1) is 0 Å². The lowest BCUT2D eigenvalue weighted by atomic mass is 10.2. The Balaban J connectivity index is 1.95. The summed E-state index contributed by atoms with van der Waals surface area (Å²) in [5.74, 6) is 0.772. The molecule has 0 aromatic heterocycles. The minimum atomic E-state index is -0.415. The van der Waals surface area contributed by atoms with E-state index in [9.17, 15) is 4.79 Å². The van der Waals surface area contributed by atoms with E-state index >= 15 is 0 Å². The van der Waals surface area contributed by atoms with Gasteiger partial charge in [-0.25, -0.2) is 0 Å². The van der Waals surface area contributed by atoms with Gasteiger partial charge in [0.2, 0.25) is 0 Å². The summed E-state index contributed by atoms with van der Waals surface area (Å²) in [7, 11) is 0. The van der Waals surface area contributed by atoms with Gasteiger partial charge in [0.05, 0.1) is 0 Å². The van der Waals surface area contributed by atoms with E-state index in [2.05, 4.69) is 10.6 Å². The monoisotopic (exact) mass is 262 g/mol. The van der Waals surface area contributed by atoms with Crippen molar-refractivity contribution in [2.45, 2.75) is 38.8 Å². The Hall–Kier alpha value is -1.55. The standard InChI is InChI=1S/C15H22N2O2/c1-3-13(15(18)17-12-8-9-16-10-12)19-14-7-5-4-6-11(14)2/h4-7,12-13,16H,3,8-10H2,1-2H3,(H,17,18). The Morgan fingerprint density at radius 3 is 2.95 bits per heavy atom. The van der Waals surface area contributed by atoms with Gasteiger partial charge in [0, 0.05) is 12.6 Å². The third-order valence-electron chi connectivity index (χ3n) is 3.43. The van der Waals surface area contributed by atoms with Crippen LogP contribution < -0.4 is 15.4 Å². The zero-order valence-corrected chi connectivity index (χ0v) is 11.6. The first-order valence-electron chi connectivity index (χ1n) is 6.94. The fraction of sp³-hybridized carbons (Fsp3) is 0.533. The second-order valence-electron chi connectivity index (χ2n) is 4.98. The van der Waals surface area contributed by atoms with Gasteiger partial charge in [-0.1, -0.05) is 25.1 Å². The molecular weight excluding hydrogens is 240 g/mol. The van der Waals surface area contributed by atoms with Crippen molar-refractivity contribution >= 4 is 5.91 Å². The summed E-state index contributed by atoms with van der Waals surface area (Å²) >= 11 is 0. The van der Waals surface area contributed by atoms with Gasteiger partial charge in [-0.2, -0.15) is 0 Å². The van der Waals surface area contributed by atoms with Crippen LogP contribution in [-0.2, 0) is 4.79 Å². The molecule has 104 valence electrons. The maximum Gasteiger partial charge on any atom is 0.261 e. The highest BCUT2D eigenvalue weighted by molar-refractivity contribution is 5.81. The van der Waals surface area contributed by atoms with Gasteiger partial charge in [-0.05, 0) is 37.9 Å². The summed E-state index contributed by atoms with van der Waals surface area (Å²) in [4.78, 5) is 12.2. The predicted octanol–water partition coefficient (Wildman–Crippen LogP) is 1.63. The predicted molar refractivity (Wildman–Crippen MR) is 75.3 cm³/mol. The number of ether oxygens (including phenoxy) is 1. The number of hydrogen-bond acceptors (Lipinski definition) is 3. The van der Waals surface area contributed by atoms with E-state index in [1.807, 2.05) is 38.1 Å². The molecule has 1 aromatic rings. The van der Waals surface area contributed by atoms with Crippen LogP contribution in [0.5, 0.6) is 5.75 Å². The van der Waals surface area contributed by atoms with Crippen LogP contribution in [0, 0.1) is 6.92 Å². The number of amides is 1. The number of benzene rings is 1. The van der Waals surface area contributed by atoms with Crippen LogP contribution in [0.2, 0.25) is 0 Å². The van der Waals surface area contributed by atoms with Crippen molar-refractivity contribution in [3.8, 4) is 5.75 Å². The van der Waals surface area contributed by atoms with Crippen molar-refractivity contribution in [2.24, 2.45) is 0 Å². The zero-order chi connectivity index (χ0) is 13.7. The molecule has 1 heterocycles. The van der Waals surface area contributed by atoms with Gasteiger partial charge >= 0.3 is 0 Å². The van der Waals surface area contributed by atoms with Crippen molar-refractivity contribution < 1.29 is 9.53 Å². The normalized spacial score (nSPS) is 20.0. The van der Waals surface area contributed by atoms with Gasteiger partial charge in [0.25, 0.3) is 5.91 Å². The summed E-state index contributed by atoms with van der Waals surface area (Å²) in [5, 5.41) is 6.28. The van der Waals surface area contributed by atoms with Gasteiger partial charge < -0.3 is 15.4 Å². The van der Waals surface area contributed by atoms with Crippen LogP contribution in [0.1, 0.15) is 25.3 Å². The molecule has 0 spiro atoms. The number of hydrogen-bond donors (Lipinski definition) is 2. The Morgan fingerprint density at radius 1 is 1.53 bits per heavy atom. The Labute approximate surface area is 114 Å². The first-order chi connectivity index (χ1) is 9.20. The molecule has 1 saturated heterocycles. The average molecular weight is 262 g/mol. The maximum absolute atomic E-state index is 12.2. The summed E-state index contributed by atoms with van der Waals surface area (Å²) in [5.41, 5.74) is 1.05. The first kappa shape index (κ1) is 13.9. The molecule has 2 atom stereocenters. The number of carbonyl (C=O) groups excluding carboxylic acids is 1. The zero-order valence-electron chi connectivity index (χ0n) is 11.6. The van der Waals surface area contributed by atoms with Gasteiger partial charge in [0.1, 0.15) is 5.75 Å². The summed E-state index contributed by atoms with van der Waals surface area (Å²) in [6.45, 7) is 5.78. The molecule has 2 unspecified atom stereocenters. The van der Waals surface area contributed by atoms with Crippen molar-refractivity contribution in [1.29, 1.82) is 0 Å². The molecular formula is C15H22N2O2. The van der Waals surface area contributed by atoms with Crippen molar-refractivity contribution in [1.82, 2.24) is 10.6 Å². The van der Waals surface area contributed by atoms with E-state index in [4.69, 9.17) is 4.74 Å². The number of rotatable bonds is 5. The molecule has 0 aliphatic carbocycles. The second-order valence-corrected chi connectivity index (χ2v) is 4.98. The largest absolute Gasteiger partial charge is 0.480 e. The van der Waals surface area contributed by atoms with Crippen LogP contribution in [0.25, 0.3) is 0 Å². The number of carbonyl (C=O) groups is 1. The highest BCUT2D eigenvalue weighted by Gasteiger charge is 2.23. The Bertz CT molecular complexity index is 428. The fourth-order valence-corrected chi connectivity index (χ4v) is 2.24. The van der Waals surface area contributed by atoms with E-state index in [1.54, 1.807) is 0 Å². The molecule has 4 nitrogen and oxygen atoms in total. The molecule has 1 fully saturated rings. The van der Waals surface area contributed by atoms with E-state index in [0.29, 0.717) is 6.42 Å². The smallest absolute Gasteiger partial charge is 0.261 e. The second kappa shape index (κ2) is 6.57. The SMILES string of the molecule is CCC(Oc1ccccc1C)C(=O)NC1CCNC1. The molecule has 2 N–H and O–H groups in total. The molecule has 19 heavy (non-hydrogen) atoms. The lowest BCUT2D eigenvalue weighted by molar-refractivity contribution is -0.128. The highest BCUT2D eigenvalue weighted by atomic mass is 16.5. The average Bonchev–Trinajstić information content (AvgIpc) is 2.90. The molecule has 1 aromatic carbocycles. The van der Waals surface area contributed by atoms with E-state index < -0.39 is 6.10 Å². The number of aryl methyl sites for hydroxylation is 1. The maximum atomic E-state index is 12.2. The van der Waals surface area contributed by atoms with Crippen LogP contribution >= 0.6 is 0 Å². The van der Waals surface area contributed by atoms with Crippen LogP contribution in [0.4, 0.5) is 0 Å². The number of nitrogens with one attached hydrogen (secondary N) is 2. The fourth-order valence-electron chi connectivity index (χ4n) is 2.24. The molecule has 0 bridgehead atoms. The lowest BCUT2D eigenvalue weighted by Crippen LogP contribution is -2.44. The molecule has 4 heteroatoms. The lowest BCUT2D eigenvalue weighted by Gasteiger charge is -2.20. The van der Waals surface area contributed by atoms with E-state index in [1.165, 1.54) is 0 Å². The van der Waals surface area contributed by atoms with E-state index in [0.717, 1.165) is 30.8 Å². The molecule has 2 rings (SSSR count). The van der Waals surface area contributed by atoms with Crippen LogP contribution in [0.3, 0.4) is 0 Å². The van der Waals surface area contributed by atoms with Crippen LogP contribution in [0.15, 0.2) is 24.3 Å². The van der Waals surface area contributed by atoms with Crippen molar-refractivity contribution in [3.63, 3.8) is 0 Å². The van der Waals surface area contributed by atoms with Crippen LogP contribution in [-0.4, -0.2) is 31.1 Å². The van der Waals surface area contributed by atoms with Gasteiger partial charge in [0.15, 0.2) is 6.10 Å². The van der Waals surface area contributed by atoms with Crippen molar-refractivity contribution in [2.75, 3.05) is 13.1 Å². The summed E-state index contributed by atoms with van der Waals surface area (Å²) < 4.78 is 5.83. The minimum absolute atomic E-state index is 0.0144. The minimum Gasteiger partial charge on any atom is -0.480 e. The number of para-hydroxylation sites is 1. The van der Waals surface area contributed by atoms with Gasteiger partial charge in [-0.3, -0.25) is 4.79 Å². The Kier molecular flexibility index (Phi) is 4.80. The quantitative estimate of drug-likeness (QED) is 0.848. The summed E-state index contributed by atoms with van der Waals surface area (Å²) in [6, 6.07) is 8.02. The van der Waals surface area contributed by atoms with Crippen molar-refractivity contribution in [3.05, 3.63) is 29.8 Å². The first-order valence-corrected chi connectivity index (χ1v) is 6.94. The molecule has 1 aliphatic rings. The highest BCUT2D eigenvalue weighted by Crippen LogP contribution is 2.19. The third-order valence-corrected chi connectivity index (χ3v) is 3.43. The van der Waals surface area contributed by atoms with E-state index in [-0.39, 0.29) is 11.9 Å². The molecule has 1 amide bonds.